The van der Waals surface area contributed by atoms with E-state index in [9.17, 15) is 9.59 Å². The molecular formula is C14H17ClN2O3. The van der Waals surface area contributed by atoms with Crippen LogP contribution in [0.4, 0.5) is 5.69 Å². The fourth-order valence-corrected chi connectivity index (χ4v) is 2.62. The van der Waals surface area contributed by atoms with Crippen LogP contribution < -0.4 is 11.1 Å². The van der Waals surface area contributed by atoms with Gasteiger partial charge in [-0.25, -0.2) is 4.79 Å². The van der Waals surface area contributed by atoms with Crippen LogP contribution in [0, 0.1) is 5.92 Å². The number of benzene rings is 1. The molecule has 6 heteroatoms. The average Bonchev–Trinajstić information content (AvgIpc) is 2.85. The lowest BCUT2D eigenvalue weighted by molar-refractivity contribution is -0.119. The lowest BCUT2D eigenvalue weighted by Crippen LogP contribution is -2.23. The summed E-state index contributed by atoms with van der Waals surface area (Å²) < 4.78 is 4.61. The number of methoxy groups -OCH3 is 1. The molecule has 1 aliphatic rings. The summed E-state index contributed by atoms with van der Waals surface area (Å²) in [5.41, 5.74) is 6.63. The van der Waals surface area contributed by atoms with E-state index in [1.165, 1.54) is 13.2 Å². The number of hydrogen-bond acceptors (Lipinski definition) is 4. The molecule has 2 atom stereocenters. The van der Waals surface area contributed by atoms with Crippen molar-refractivity contribution in [2.24, 2.45) is 11.7 Å². The Morgan fingerprint density at radius 2 is 2.15 bits per heavy atom. The molecule has 1 fully saturated rings. The number of rotatable bonds is 3. The monoisotopic (exact) mass is 296 g/mol. The van der Waals surface area contributed by atoms with Crippen LogP contribution in [0.2, 0.25) is 5.02 Å². The maximum Gasteiger partial charge on any atom is 0.339 e. The highest BCUT2D eigenvalue weighted by molar-refractivity contribution is 6.34. The molecule has 0 aromatic heterocycles. The minimum absolute atomic E-state index is 0.0518. The second-order valence-corrected chi connectivity index (χ2v) is 5.35. The van der Waals surface area contributed by atoms with Crippen molar-refractivity contribution >= 4 is 29.2 Å². The number of nitrogens with one attached hydrogen (secondary N) is 1. The van der Waals surface area contributed by atoms with Crippen LogP contribution in [0.15, 0.2) is 18.2 Å². The van der Waals surface area contributed by atoms with E-state index in [2.05, 4.69) is 10.1 Å². The van der Waals surface area contributed by atoms with Gasteiger partial charge in [0.05, 0.1) is 17.7 Å². The van der Waals surface area contributed by atoms with Crippen molar-refractivity contribution in [3.05, 3.63) is 28.8 Å². The van der Waals surface area contributed by atoms with Gasteiger partial charge in [-0.2, -0.15) is 0 Å². The van der Waals surface area contributed by atoms with Crippen LogP contribution in [-0.4, -0.2) is 25.0 Å². The zero-order valence-electron chi connectivity index (χ0n) is 11.2. The van der Waals surface area contributed by atoms with Gasteiger partial charge in [-0.15, -0.1) is 0 Å². The Kier molecular flexibility index (Phi) is 4.62. The number of esters is 1. The third-order valence-corrected chi connectivity index (χ3v) is 3.80. The number of carbonyl (C=O) groups is 2. The first-order valence-electron chi connectivity index (χ1n) is 6.45. The van der Waals surface area contributed by atoms with E-state index in [0.717, 1.165) is 12.8 Å². The van der Waals surface area contributed by atoms with E-state index in [0.29, 0.717) is 12.1 Å². The van der Waals surface area contributed by atoms with Crippen molar-refractivity contribution in [2.45, 2.75) is 25.3 Å². The Balaban J connectivity index is 2.05. The van der Waals surface area contributed by atoms with Gasteiger partial charge >= 0.3 is 5.97 Å². The molecule has 1 aromatic rings. The number of anilines is 1. The first-order valence-corrected chi connectivity index (χ1v) is 6.83. The Bertz CT molecular complexity index is 533. The Labute approximate surface area is 122 Å². The molecule has 0 spiro atoms. The molecule has 0 radical (unpaired) electrons. The first-order chi connectivity index (χ1) is 9.51. The quantitative estimate of drug-likeness (QED) is 0.838. The van der Waals surface area contributed by atoms with Crippen molar-refractivity contribution in [3.8, 4) is 0 Å². The minimum Gasteiger partial charge on any atom is -0.465 e. The largest absolute Gasteiger partial charge is 0.465 e. The maximum atomic E-state index is 12.0. The summed E-state index contributed by atoms with van der Waals surface area (Å²) >= 11 is 6.00. The summed E-state index contributed by atoms with van der Waals surface area (Å²) in [6, 6.07) is 4.81. The molecular weight excluding hydrogens is 280 g/mol. The highest BCUT2D eigenvalue weighted by atomic mass is 35.5. The molecule has 5 nitrogen and oxygen atoms in total. The van der Waals surface area contributed by atoms with Crippen molar-refractivity contribution in [2.75, 3.05) is 12.4 Å². The SMILES string of the molecule is COC(=O)c1ccc(NC(=O)C2CCC(N)C2)cc1Cl. The summed E-state index contributed by atoms with van der Waals surface area (Å²) in [7, 11) is 1.29. The molecule has 2 rings (SSSR count). The van der Waals surface area contributed by atoms with E-state index in [-0.39, 0.29) is 28.5 Å². The Morgan fingerprint density at radius 3 is 2.70 bits per heavy atom. The van der Waals surface area contributed by atoms with E-state index in [4.69, 9.17) is 17.3 Å². The molecule has 20 heavy (non-hydrogen) atoms. The summed E-state index contributed by atoms with van der Waals surface area (Å²) in [5.74, 6) is -0.612. The van der Waals surface area contributed by atoms with Gasteiger partial charge in [0.25, 0.3) is 0 Å². The van der Waals surface area contributed by atoms with Crippen LogP contribution in [-0.2, 0) is 9.53 Å². The Morgan fingerprint density at radius 1 is 1.40 bits per heavy atom. The summed E-state index contributed by atoms with van der Waals surface area (Å²) in [5, 5.41) is 3.05. The van der Waals surface area contributed by atoms with Crippen molar-refractivity contribution in [1.82, 2.24) is 0 Å². The van der Waals surface area contributed by atoms with Gasteiger partial charge in [0, 0.05) is 17.6 Å². The number of amides is 1. The van der Waals surface area contributed by atoms with Crippen LogP contribution >= 0.6 is 11.6 Å². The van der Waals surface area contributed by atoms with Gasteiger partial charge in [0.1, 0.15) is 0 Å². The first kappa shape index (κ1) is 14.8. The zero-order valence-corrected chi connectivity index (χ0v) is 11.9. The van der Waals surface area contributed by atoms with Gasteiger partial charge < -0.3 is 15.8 Å². The van der Waals surface area contributed by atoms with Crippen LogP contribution in [0.3, 0.4) is 0 Å². The molecule has 0 bridgehead atoms. The van der Waals surface area contributed by atoms with Crippen LogP contribution in [0.5, 0.6) is 0 Å². The topological polar surface area (TPSA) is 81.4 Å². The predicted molar refractivity (Wildman–Crippen MR) is 76.7 cm³/mol. The average molecular weight is 297 g/mol. The number of hydrogen-bond donors (Lipinski definition) is 2. The molecule has 1 saturated carbocycles. The molecule has 0 aliphatic heterocycles. The number of ether oxygens (including phenoxy) is 1. The second-order valence-electron chi connectivity index (χ2n) is 4.95. The molecule has 108 valence electrons. The van der Waals surface area contributed by atoms with E-state index in [1.54, 1.807) is 12.1 Å². The van der Waals surface area contributed by atoms with Gasteiger partial charge in [0.2, 0.25) is 5.91 Å². The highest BCUT2D eigenvalue weighted by Crippen LogP contribution is 2.27. The van der Waals surface area contributed by atoms with E-state index in [1.807, 2.05) is 0 Å². The predicted octanol–water partition coefficient (Wildman–Crippen LogP) is 2.19. The molecule has 1 aromatic carbocycles. The standard InChI is InChI=1S/C14H17ClN2O3/c1-20-14(19)11-5-4-10(7-12(11)15)17-13(18)8-2-3-9(16)6-8/h4-5,7-9H,2-3,6,16H2,1H3,(H,17,18). The lowest BCUT2D eigenvalue weighted by Gasteiger charge is -2.11. The maximum absolute atomic E-state index is 12.0. The summed E-state index contributed by atoms with van der Waals surface area (Å²) in [6.45, 7) is 0. The molecule has 0 saturated heterocycles. The van der Waals surface area contributed by atoms with E-state index < -0.39 is 5.97 Å². The number of nitrogens with two attached hydrogens (primary N) is 1. The zero-order chi connectivity index (χ0) is 14.7. The minimum atomic E-state index is -0.505. The fourth-order valence-electron chi connectivity index (χ4n) is 2.37. The lowest BCUT2D eigenvalue weighted by atomic mass is 10.1. The van der Waals surface area contributed by atoms with Crippen LogP contribution in [0.25, 0.3) is 0 Å². The number of carbonyl (C=O) groups excluding carboxylic acids is 2. The number of halogens is 1. The highest BCUT2D eigenvalue weighted by Gasteiger charge is 2.27. The molecule has 2 unspecified atom stereocenters. The second kappa shape index (κ2) is 6.24. The fraction of sp³-hybridized carbons (Fsp3) is 0.429. The van der Waals surface area contributed by atoms with Crippen molar-refractivity contribution in [1.29, 1.82) is 0 Å². The third-order valence-electron chi connectivity index (χ3n) is 3.49. The van der Waals surface area contributed by atoms with Gasteiger partial charge in [-0.05, 0) is 37.5 Å². The molecule has 1 aliphatic carbocycles. The van der Waals surface area contributed by atoms with Crippen LogP contribution in [0.1, 0.15) is 29.6 Å². The van der Waals surface area contributed by atoms with Gasteiger partial charge in [-0.1, -0.05) is 11.6 Å². The van der Waals surface area contributed by atoms with E-state index >= 15 is 0 Å². The summed E-state index contributed by atoms with van der Waals surface area (Å²) in [6.07, 6.45) is 2.39. The Hall–Kier alpha value is -1.59. The van der Waals surface area contributed by atoms with Crippen molar-refractivity contribution in [3.63, 3.8) is 0 Å². The molecule has 0 heterocycles. The smallest absolute Gasteiger partial charge is 0.339 e. The molecule has 1 amide bonds. The third kappa shape index (κ3) is 3.29. The van der Waals surface area contributed by atoms with Gasteiger partial charge in [0.15, 0.2) is 0 Å². The molecule has 3 N–H and O–H groups in total. The summed E-state index contributed by atoms with van der Waals surface area (Å²) in [4.78, 5) is 23.5. The van der Waals surface area contributed by atoms with Gasteiger partial charge in [-0.3, -0.25) is 4.79 Å². The normalized spacial score (nSPS) is 21.6. The van der Waals surface area contributed by atoms with Crippen molar-refractivity contribution < 1.29 is 14.3 Å².